The number of nitrogens with zero attached hydrogens (tertiary/aromatic N) is 1. The molecule has 0 aliphatic carbocycles. The van der Waals surface area contributed by atoms with Crippen molar-refractivity contribution in [2.75, 3.05) is 26.8 Å². The summed E-state index contributed by atoms with van der Waals surface area (Å²) in [5.41, 5.74) is 5.85. The van der Waals surface area contributed by atoms with Gasteiger partial charge in [-0.1, -0.05) is 0 Å². The van der Waals surface area contributed by atoms with Gasteiger partial charge in [-0.15, -0.1) is 0 Å². The molecule has 6 nitrogen and oxygen atoms in total. The first-order valence-corrected chi connectivity index (χ1v) is 6.35. The third kappa shape index (κ3) is 4.62. The Morgan fingerprint density at radius 1 is 1.56 bits per heavy atom. The van der Waals surface area contributed by atoms with Gasteiger partial charge in [-0.3, -0.25) is 9.59 Å². The van der Waals surface area contributed by atoms with E-state index in [0.717, 1.165) is 12.8 Å². The fraction of sp³-hybridized carbons (Fsp3) is 0.833. The van der Waals surface area contributed by atoms with Gasteiger partial charge >= 0.3 is 0 Å². The van der Waals surface area contributed by atoms with Gasteiger partial charge in [0, 0.05) is 39.8 Å². The number of rotatable bonds is 6. The number of carbonyl (C=O) groups excluding carboxylic acids is 2. The third-order valence-corrected chi connectivity index (χ3v) is 3.09. The summed E-state index contributed by atoms with van der Waals surface area (Å²) in [6.07, 6.45) is 2.22. The number of nitrogens with one attached hydrogen (secondary N) is 1. The molecule has 1 heterocycles. The van der Waals surface area contributed by atoms with E-state index >= 15 is 0 Å². The molecule has 0 saturated carbocycles. The number of hydrogen-bond donors (Lipinski definition) is 2. The highest BCUT2D eigenvalue weighted by Gasteiger charge is 2.29. The summed E-state index contributed by atoms with van der Waals surface area (Å²) < 4.78 is 4.93. The van der Waals surface area contributed by atoms with E-state index in [1.807, 2.05) is 0 Å². The maximum atomic E-state index is 12.0. The lowest BCUT2D eigenvalue weighted by Crippen LogP contribution is -2.44. The minimum Gasteiger partial charge on any atom is -0.385 e. The Morgan fingerprint density at radius 2 is 2.28 bits per heavy atom. The van der Waals surface area contributed by atoms with Crippen LogP contribution in [0.15, 0.2) is 0 Å². The summed E-state index contributed by atoms with van der Waals surface area (Å²) in [6.45, 7) is 3.34. The average Bonchev–Trinajstić information content (AvgIpc) is 2.75. The summed E-state index contributed by atoms with van der Waals surface area (Å²) in [7, 11) is 1.63. The number of amides is 2. The molecule has 2 atom stereocenters. The smallest absolute Gasteiger partial charge is 0.239 e. The second kappa shape index (κ2) is 7.33. The van der Waals surface area contributed by atoms with Crippen molar-refractivity contribution in [1.82, 2.24) is 10.2 Å². The lowest BCUT2D eigenvalue weighted by atomic mass is 10.1. The quantitative estimate of drug-likeness (QED) is 0.627. The van der Waals surface area contributed by atoms with Gasteiger partial charge in [-0.25, -0.2) is 0 Å². The molecule has 0 aromatic rings. The minimum atomic E-state index is -0.462. The molecule has 1 fully saturated rings. The molecular formula is C12H23N3O3. The predicted octanol–water partition coefficient (Wildman–Crippen LogP) is -0.523. The predicted molar refractivity (Wildman–Crippen MR) is 67.9 cm³/mol. The van der Waals surface area contributed by atoms with Crippen molar-refractivity contribution >= 4 is 11.8 Å². The Hall–Kier alpha value is -1.14. The van der Waals surface area contributed by atoms with Crippen molar-refractivity contribution in [1.29, 1.82) is 0 Å². The van der Waals surface area contributed by atoms with Crippen LogP contribution in [0.25, 0.3) is 0 Å². The molecule has 0 radical (unpaired) electrons. The third-order valence-electron chi connectivity index (χ3n) is 3.09. The Bertz CT molecular complexity index is 296. The Balaban J connectivity index is 2.32. The summed E-state index contributed by atoms with van der Waals surface area (Å²) in [5.74, 6) is -0.0855. The molecule has 104 valence electrons. The van der Waals surface area contributed by atoms with Crippen LogP contribution in [-0.4, -0.2) is 55.6 Å². The highest BCUT2D eigenvalue weighted by atomic mass is 16.5. The lowest BCUT2D eigenvalue weighted by Gasteiger charge is -2.21. The second-order valence-corrected chi connectivity index (χ2v) is 4.71. The van der Waals surface area contributed by atoms with Crippen LogP contribution in [0.5, 0.6) is 0 Å². The maximum absolute atomic E-state index is 12.0. The van der Waals surface area contributed by atoms with Crippen LogP contribution in [0.4, 0.5) is 0 Å². The van der Waals surface area contributed by atoms with Gasteiger partial charge in [0.05, 0.1) is 6.04 Å². The number of hydrogen-bond acceptors (Lipinski definition) is 4. The summed E-state index contributed by atoms with van der Waals surface area (Å²) >= 11 is 0. The Morgan fingerprint density at radius 3 is 2.89 bits per heavy atom. The van der Waals surface area contributed by atoms with E-state index < -0.39 is 6.04 Å². The molecule has 18 heavy (non-hydrogen) atoms. The van der Waals surface area contributed by atoms with Gasteiger partial charge in [0.15, 0.2) is 0 Å². The molecule has 1 saturated heterocycles. The first kappa shape index (κ1) is 14.9. The number of methoxy groups -OCH3 is 1. The first-order chi connectivity index (χ1) is 8.54. The molecule has 0 spiro atoms. The fourth-order valence-corrected chi connectivity index (χ4v) is 2.17. The maximum Gasteiger partial charge on any atom is 0.239 e. The highest BCUT2D eigenvalue weighted by molar-refractivity contribution is 5.82. The summed E-state index contributed by atoms with van der Waals surface area (Å²) in [5, 5.41) is 2.82. The molecule has 2 amide bonds. The number of nitrogens with two attached hydrogens (primary N) is 1. The zero-order chi connectivity index (χ0) is 13.5. The normalized spacial score (nSPS) is 20.8. The van der Waals surface area contributed by atoms with Crippen LogP contribution in [0.3, 0.4) is 0 Å². The van der Waals surface area contributed by atoms with E-state index in [1.54, 1.807) is 12.0 Å². The lowest BCUT2D eigenvalue weighted by molar-refractivity contribution is -0.132. The standard InChI is InChI=1S/C12H23N3O3/c1-9(16)14-10-5-6-15(8-10)12(17)11(13)4-3-7-18-2/h10-11H,3-8,13H2,1-2H3,(H,14,16). The van der Waals surface area contributed by atoms with Crippen molar-refractivity contribution in [2.24, 2.45) is 5.73 Å². The van der Waals surface area contributed by atoms with Crippen molar-refractivity contribution in [2.45, 2.75) is 38.3 Å². The molecule has 2 unspecified atom stereocenters. The Labute approximate surface area is 108 Å². The molecule has 0 bridgehead atoms. The van der Waals surface area contributed by atoms with E-state index in [2.05, 4.69) is 5.32 Å². The monoisotopic (exact) mass is 257 g/mol. The molecule has 3 N–H and O–H groups in total. The van der Waals surface area contributed by atoms with E-state index in [4.69, 9.17) is 10.5 Å². The van der Waals surface area contributed by atoms with Crippen LogP contribution < -0.4 is 11.1 Å². The van der Waals surface area contributed by atoms with Crippen LogP contribution in [0, 0.1) is 0 Å². The van der Waals surface area contributed by atoms with Gasteiger partial charge in [0.1, 0.15) is 0 Å². The number of likely N-dealkylation sites (tertiary alicyclic amines) is 1. The zero-order valence-electron chi connectivity index (χ0n) is 11.1. The van der Waals surface area contributed by atoms with Gasteiger partial charge in [0.2, 0.25) is 11.8 Å². The van der Waals surface area contributed by atoms with E-state index in [1.165, 1.54) is 6.92 Å². The molecule has 1 rings (SSSR count). The number of carbonyl (C=O) groups is 2. The van der Waals surface area contributed by atoms with Gasteiger partial charge < -0.3 is 20.7 Å². The largest absolute Gasteiger partial charge is 0.385 e. The Kier molecular flexibility index (Phi) is 6.07. The summed E-state index contributed by atoms with van der Waals surface area (Å²) in [4.78, 5) is 24.7. The fourth-order valence-electron chi connectivity index (χ4n) is 2.17. The molecule has 1 aliphatic heterocycles. The average molecular weight is 257 g/mol. The molecular weight excluding hydrogens is 234 g/mol. The second-order valence-electron chi connectivity index (χ2n) is 4.71. The molecule has 1 aliphatic rings. The summed E-state index contributed by atoms with van der Waals surface area (Å²) in [6, 6.07) is -0.395. The van der Waals surface area contributed by atoms with Crippen molar-refractivity contribution in [3.63, 3.8) is 0 Å². The van der Waals surface area contributed by atoms with Crippen LogP contribution in [0.2, 0.25) is 0 Å². The molecule has 0 aromatic heterocycles. The SMILES string of the molecule is COCCCC(N)C(=O)N1CCC(NC(C)=O)C1. The van der Waals surface area contributed by atoms with Crippen molar-refractivity contribution in [3.8, 4) is 0 Å². The van der Waals surface area contributed by atoms with Crippen molar-refractivity contribution in [3.05, 3.63) is 0 Å². The van der Waals surface area contributed by atoms with Gasteiger partial charge in [0.25, 0.3) is 0 Å². The zero-order valence-corrected chi connectivity index (χ0v) is 11.1. The van der Waals surface area contributed by atoms with Crippen LogP contribution in [0.1, 0.15) is 26.2 Å². The van der Waals surface area contributed by atoms with Crippen LogP contribution >= 0.6 is 0 Å². The van der Waals surface area contributed by atoms with Gasteiger partial charge in [-0.05, 0) is 19.3 Å². The molecule has 6 heteroatoms. The van der Waals surface area contributed by atoms with Crippen molar-refractivity contribution < 1.29 is 14.3 Å². The minimum absolute atomic E-state index is 0.0287. The number of ether oxygens (including phenoxy) is 1. The topological polar surface area (TPSA) is 84.7 Å². The first-order valence-electron chi connectivity index (χ1n) is 6.35. The van der Waals surface area contributed by atoms with E-state index in [-0.39, 0.29) is 17.9 Å². The molecule has 0 aromatic carbocycles. The van der Waals surface area contributed by atoms with E-state index in [0.29, 0.717) is 26.1 Å². The van der Waals surface area contributed by atoms with Gasteiger partial charge in [-0.2, -0.15) is 0 Å². The van der Waals surface area contributed by atoms with E-state index in [9.17, 15) is 9.59 Å². The van der Waals surface area contributed by atoms with Crippen LogP contribution in [-0.2, 0) is 14.3 Å². The highest BCUT2D eigenvalue weighted by Crippen LogP contribution is 2.11.